The maximum absolute atomic E-state index is 13.4. The van der Waals surface area contributed by atoms with Crippen molar-refractivity contribution in [3.8, 4) is 5.75 Å². The predicted octanol–water partition coefficient (Wildman–Crippen LogP) is 4.48. The summed E-state index contributed by atoms with van der Waals surface area (Å²) in [5, 5.41) is 7.84. The number of nitrogens with one attached hydrogen (secondary N) is 1. The Morgan fingerprint density at radius 1 is 1.00 bits per heavy atom. The van der Waals surface area contributed by atoms with E-state index in [1.807, 2.05) is 13.0 Å². The van der Waals surface area contributed by atoms with Crippen molar-refractivity contribution in [2.45, 2.75) is 6.92 Å². The molecular weight excluding hydrogens is 446 g/mol. The highest BCUT2D eigenvalue weighted by molar-refractivity contribution is 6.18. The highest BCUT2D eigenvalue weighted by Gasteiger charge is 2.26. The van der Waals surface area contributed by atoms with E-state index >= 15 is 0 Å². The minimum Gasteiger partial charge on any atom is -0.497 e. The lowest BCUT2D eigenvalue weighted by Gasteiger charge is -2.09. The number of furan rings is 1. The molecule has 0 bridgehead atoms. The number of aryl methyl sites for hydroxylation is 2. The molecule has 0 spiro atoms. The van der Waals surface area contributed by atoms with E-state index in [1.165, 1.54) is 11.8 Å². The van der Waals surface area contributed by atoms with E-state index in [2.05, 4.69) is 10.4 Å². The normalized spacial score (nSPS) is 11.1. The van der Waals surface area contributed by atoms with Crippen LogP contribution in [0.5, 0.6) is 5.75 Å². The number of fused-ring (bicyclic) bond motifs is 2. The monoisotopic (exact) mass is 467 g/mol. The second kappa shape index (κ2) is 8.57. The molecule has 0 fully saturated rings. The molecule has 3 aromatic carbocycles. The van der Waals surface area contributed by atoms with Crippen molar-refractivity contribution in [2.75, 3.05) is 12.4 Å². The Balaban J connectivity index is 1.62. The van der Waals surface area contributed by atoms with Crippen molar-refractivity contribution in [3.05, 3.63) is 99.5 Å². The van der Waals surface area contributed by atoms with Crippen molar-refractivity contribution < 1.29 is 18.7 Å². The van der Waals surface area contributed by atoms with E-state index < -0.39 is 17.1 Å². The minimum absolute atomic E-state index is 0.0544. The van der Waals surface area contributed by atoms with E-state index in [9.17, 15) is 14.4 Å². The van der Waals surface area contributed by atoms with E-state index in [0.29, 0.717) is 33.2 Å². The van der Waals surface area contributed by atoms with Crippen LogP contribution in [0.15, 0.2) is 75.9 Å². The van der Waals surface area contributed by atoms with Crippen molar-refractivity contribution in [1.82, 2.24) is 9.78 Å². The van der Waals surface area contributed by atoms with Gasteiger partial charge in [-0.2, -0.15) is 5.10 Å². The molecule has 2 heterocycles. The molecule has 174 valence electrons. The molecule has 1 N–H and O–H groups in total. The molecule has 35 heavy (non-hydrogen) atoms. The molecule has 0 aliphatic carbocycles. The Morgan fingerprint density at radius 2 is 1.80 bits per heavy atom. The van der Waals surface area contributed by atoms with Gasteiger partial charge in [-0.3, -0.25) is 19.1 Å². The molecule has 5 aromatic rings. The fourth-order valence-corrected chi connectivity index (χ4v) is 4.04. The highest BCUT2D eigenvalue weighted by atomic mass is 16.5. The molecule has 5 rings (SSSR count). The number of rotatable bonds is 5. The number of anilines is 1. The van der Waals surface area contributed by atoms with Crippen LogP contribution in [0.1, 0.15) is 32.2 Å². The number of aromatic nitrogens is 2. The number of ether oxygens (including phenoxy) is 1. The van der Waals surface area contributed by atoms with E-state index in [-0.39, 0.29) is 17.1 Å². The molecule has 0 saturated carbocycles. The van der Waals surface area contributed by atoms with Gasteiger partial charge in [0.2, 0.25) is 11.2 Å². The zero-order valence-corrected chi connectivity index (χ0v) is 19.3. The van der Waals surface area contributed by atoms with Gasteiger partial charge in [0.15, 0.2) is 11.5 Å². The average molecular weight is 467 g/mol. The first kappa shape index (κ1) is 22.1. The lowest BCUT2D eigenvalue weighted by Crippen LogP contribution is -2.27. The minimum atomic E-state index is -0.736. The van der Waals surface area contributed by atoms with Gasteiger partial charge < -0.3 is 14.5 Å². The summed E-state index contributed by atoms with van der Waals surface area (Å²) in [6, 6.07) is 19.0. The number of carbonyl (C=O) groups excluding carboxylic acids is 2. The van der Waals surface area contributed by atoms with Gasteiger partial charge in [-0.15, -0.1) is 0 Å². The van der Waals surface area contributed by atoms with Crippen LogP contribution in [0.25, 0.3) is 21.9 Å². The van der Waals surface area contributed by atoms with Gasteiger partial charge in [-0.25, -0.2) is 0 Å². The molecule has 0 aliphatic rings. The fraction of sp³-hybridized carbons (Fsp3) is 0.111. The summed E-state index contributed by atoms with van der Waals surface area (Å²) < 4.78 is 12.6. The number of hydrogen-bond donors (Lipinski definition) is 1. The number of amides is 1. The van der Waals surface area contributed by atoms with Gasteiger partial charge >= 0.3 is 0 Å². The molecule has 0 saturated heterocycles. The molecule has 0 atom stereocenters. The third-order valence-electron chi connectivity index (χ3n) is 5.80. The Kier molecular flexibility index (Phi) is 5.41. The van der Waals surface area contributed by atoms with Crippen molar-refractivity contribution in [1.29, 1.82) is 0 Å². The van der Waals surface area contributed by atoms with Gasteiger partial charge in [-0.05, 0) is 43.3 Å². The molecule has 2 aromatic heterocycles. The zero-order chi connectivity index (χ0) is 24.7. The van der Waals surface area contributed by atoms with E-state index in [1.54, 1.807) is 67.7 Å². The van der Waals surface area contributed by atoms with Gasteiger partial charge in [0.05, 0.1) is 23.7 Å². The summed E-state index contributed by atoms with van der Waals surface area (Å²) in [5.41, 5.74) is 1.65. The summed E-state index contributed by atoms with van der Waals surface area (Å²) in [4.78, 5) is 39.8. The standard InChI is InChI=1S/C27H21N3O5/c1-15-11-12-20-19(13-15)25(32)23(29-30(20)2)27(33)28-22-18-9-4-5-10-21(18)35-26(22)24(31)16-7-6-8-17(14-16)34-3/h4-14H,1-3H3,(H,28,33). The summed E-state index contributed by atoms with van der Waals surface area (Å²) >= 11 is 0. The van der Waals surface area contributed by atoms with Gasteiger partial charge in [0.1, 0.15) is 11.3 Å². The van der Waals surface area contributed by atoms with Gasteiger partial charge in [0.25, 0.3) is 5.91 Å². The molecule has 0 radical (unpaired) electrons. The van der Waals surface area contributed by atoms with Crippen LogP contribution in [0.4, 0.5) is 5.69 Å². The lowest BCUT2D eigenvalue weighted by molar-refractivity contribution is 0.101. The van der Waals surface area contributed by atoms with Crippen molar-refractivity contribution >= 4 is 39.2 Å². The molecule has 0 unspecified atom stereocenters. The van der Waals surface area contributed by atoms with Crippen LogP contribution in [0.2, 0.25) is 0 Å². The van der Waals surface area contributed by atoms with Crippen LogP contribution in [-0.4, -0.2) is 28.6 Å². The first-order valence-electron chi connectivity index (χ1n) is 10.9. The second-order valence-corrected chi connectivity index (χ2v) is 8.14. The number of benzene rings is 3. The van der Waals surface area contributed by atoms with Crippen molar-refractivity contribution in [3.63, 3.8) is 0 Å². The fourth-order valence-electron chi connectivity index (χ4n) is 4.04. The summed E-state index contributed by atoms with van der Waals surface area (Å²) in [5.74, 6) is -0.719. The first-order valence-corrected chi connectivity index (χ1v) is 10.9. The number of methoxy groups -OCH3 is 1. The maximum Gasteiger partial charge on any atom is 0.280 e. The third-order valence-corrected chi connectivity index (χ3v) is 5.80. The van der Waals surface area contributed by atoms with Crippen LogP contribution in [-0.2, 0) is 7.05 Å². The Labute approximate surface area is 199 Å². The van der Waals surface area contributed by atoms with Crippen LogP contribution < -0.4 is 15.5 Å². The Bertz CT molecular complexity index is 1700. The largest absolute Gasteiger partial charge is 0.497 e. The lowest BCUT2D eigenvalue weighted by atomic mass is 10.1. The number of nitrogens with zero attached hydrogens (tertiary/aromatic N) is 2. The Hall–Kier alpha value is -4.72. The zero-order valence-electron chi connectivity index (χ0n) is 19.3. The van der Waals surface area contributed by atoms with Crippen LogP contribution >= 0.6 is 0 Å². The van der Waals surface area contributed by atoms with Crippen molar-refractivity contribution in [2.24, 2.45) is 7.05 Å². The number of hydrogen-bond acceptors (Lipinski definition) is 6. The van der Waals surface area contributed by atoms with Gasteiger partial charge in [0, 0.05) is 18.0 Å². The van der Waals surface area contributed by atoms with Crippen LogP contribution in [0.3, 0.4) is 0 Å². The SMILES string of the molecule is COc1cccc(C(=O)c2oc3ccccc3c2NC(=O)c2nn(C)c3ccc(C)cc3c2=O)c1. The molecule has 8 heteroatoms. The van der Waals surface area contributed by atoms with E-state index in [4.69, 9.17) is 9.15 Å². The summed E-state index contributed by atoms with van der Waals surface area (Å²) in [7, 11) is 3.17. The molecule has 1 amide bonds. The highest BCUT2D eigenvalue weighted by Crippen LogP contribution is 2.33. The smallest absolute Gasteiger partial charge is 0.280 e. The van der Waals surface area contributed by atoms with Crippen LogP contribution in [0, 0.1) is 6.92 Å². The third kappa shape index (κ3) is 3.85. The summed E-state index contributed by atoms with van der Waals surface area (Å²) in [6.07, 6.45) is 0. The molecule has 8 nitrogen and oxygen atoms in total. The second-order valence-electron chi connectivity index (χ2n) is 8.14. The number of ketones is 1. The maximum atomic E-state index is 13.4. The number of para-hydroxylation sites is 1. The van der Waals surface area contributed by atoms with E-state index in [0.717, 1.165) is 5.56 Å². The average Bonchev–Trinajstić information content (AvgIpc) is 3.23. The quantitative estimate of drug-likeness (QED) is 0.382. The Morgan fingerprint density at radius 3 is 2.60 bits per heavy atom. The predicted molar refractivity (Wildman–Crippen MR) is 132 cm³/mol. The molecule has 0 aliphatic heterocycles. The first-order chi connectivity index (χ1) is 16.9. The summed E-state index contributed by atoms with van der Waals surface area (Å²) in [6.45, 7) is 1.87. The van der Waals surface area contributed by atoms with Gasteiger partial charge in [-0.1, -0.05) is 35.9 Å². The number of carbonyl (C=O) groups is 2. The topological polar surface area (TPSA) is 103 Å². The molecular formula is C27H21N3O5.